The van der Waals surface area contributed by atoms with Crippen LogP contribution in [0, 0.1) is 0 Å². The van der Waals surface area contributed by atoms with Gasteiger partial charge in [0, 0.05) is 29.8 Å². The van der Waals surface area contributed by atoms with Gasteiger partial charge in [-0.25, -0.2) is 9.97 Å². The van der Waals surface area contributed by atoms with Crippen molar-refractivity contribution in [1.29, 1.82) is 0 Å². The van der Waals surface area contributed by atoms with Gasteiger partial charge in [0.15, 0.2) is 0 Å². The van der Waals surface area contributed by atoms with Crippen molar-refractivity contribution >= 4 is 5.82 Å². The average molecular weight is 278 g/mol. The van der Waals surface area contributed by atoms with Gasteiger partial charge in [0.2, 0.25) is 0 Å². The van der Waals surface area contributed by atoms with E-state index in [0.717, 1.165) is 23.9 Å². The van der Waals surface area contributed by atoms with Gasteiger partial charge in [-0.05, 0) is 33.9 Å². The molecule has 0 aliphatic carbocycles. The van der Waals surface area contributed by atoms with Crippen LogP contribution in [0.4, 0.5) is 5.82 Å². The highest BCUT2D eigenvalue weighted by Crippen LogP contribution is 2.20. The summed E-state index contributed by atoms with van der Waals surface area (Å²) in [6, 6.07) is 2.07. The lowest BCUT2D eigenvalue weighted by atomic mass is 10.0. The first-order valence-corrected chi connectivity index (χ1v) is 7.43. The summed E-state index contributed by atoms with van der Waals surface area (Å²) in [5.41, 5.74) is 1.19. The number of hydrogen-bond donors (Lipinski definition) is 1. The number of rotatable bonds is 6. The molecule has 0 radical (unpaired) electrons. The molecular formula is C16H30N4. The monoisotopic (exact) mass is 278 g/mol. The second-order valence-corrected chi connectivity index (χ2v) is 6.91. The van der Waals surface area contributed by atoms with Gasteiger partial charge in [0.25, 0.3) is 0 Å². The molecule has 0 aliphatic rings. The van der Waals surface area contributed by atoms with Gasteiger partial charge in [0.05, 0.1) is 0 Å². The van der Waals surface area contributed by atoms with Gasteiger partial charge in [-0.2, -0.15) is 0 Å². The summed E-state index contributed by atoms with van der Waals surface area (Å²) in [6.45, 7) is 13.9. The summed E-state index contributed by atoms with van der Waals surface area (Å²) in [5, 5.41) is 3.46. The lowest BCUT2D eigenvalue weighted by Gasteiger charge is -2.33. The van der Waals surface area contributed by atoms with Gasteiger partial charge < -0.3 is 10.2 Å². The molecule has 0 bridgehead atoms. The fourth-order valence-corrected chi connectivity index (χ4v) is 1.59. The number of hydrogen-bond acceptors (Lipinski definition) is 4. The first-order chi connectivity index (χ1) is 9.13. The molecule has 4 heteroatoms. The number of aromatic nitrogens is 2. The van der Waals surface area contributed by atoms with Crippen LogP contribution in [0.2, 0.25) is 0 Å². The maximum absolute atomic E-state index is 4.65. The summed E-state index contributed by atoms with van der Waals surface area (Å²) < 4.78 is 0. The van der Waals surface area contributed by atoms with Crippen LogP contribution in [-0.2, 0) is 0 Å². The Morgan fingerprint density at radius 2 is 1.70 bits per heavy atom. The standard InChI is InChI=1S/C16H30N4/c1-11(2)13-9-14(19-15(18-13)12(3)4)17-10-16(5,6)20(7)8/h9,11-12H,10H2,1-8H3,(H,17,18,19). The summed E-state index contributed by atoms with van der Waals surface area (Å²) >= 11 is 0. The van der Waals surface area contributed by atoms with Crippen LogP contribution in [0.5, 0.6) is 0 Å². The van der Waals surface area contributed by atoms with Crippen molar-refractivity contribution in [1.82, 2.24) is 14.9 Å². The molecule has 0 atom stereocenters. The lowest BCUT2D eigenvalue weighted by molar-refractivity contribution is 0.210. The van der Waals surface area contributed by atoms with E-state index in [0.29, 0.717) is 11.8 Å². The third-order valence-electron chi connectivity index (χ3n) is 3.78. The second kappa shape index (κ2) is 6.53. The van der Waals surface area contributed by atoms with Gasteiger partial charge in [-0.1, -0.05) is 27.7 Å². The second-order valence-electron chi connectivity index (χ2n) is 6.91. The molecule has 0 fully saturated rings. The highest BCUT2D eigenvalue weighted by atomic mass is 15.2. The van der Waals surface area contributed by atoms with Gasteiger partial charge >= 0.3 is 0 Å². The van der Waals surface area contributed by atoms with Crippen molar-refractivity contribution in [3.63, 3.8) is 0 Å². The van der Waals surface area contributed by atoms with Crippen LogP contribution in [0.3, 0.4) is 0 Å². The third-order valence-corrected chi connectivity index (χ3v) is 3.78. The molecule has 1 aromatic heterocycles. The van der Waals surface area contributed by atoms with Crippen molar-refractivity contribution < 1.29 is 0 Å². The Kier molecular flexibility index (Phi) is 5.51. The fourth-order valence-electron chi connectivity index (χ4n) is 1.59. The van der Waals surface area contributed by atoms with E-state index in [1.54, 1.807) is 0 Å². The van der Waals surface area contributed by atoms with Crippen LogP contribution in [0.25, 0.3) is 0 Å². The summed E-state index contributed by atoms with van der Waals surface area (Å²) in [7, 11) is 4.20. The molecule has 1 aromatic rings. The van der Waals surface area contributed by atoms with Crippen molar-refractivity contribution in [3.8, 4) is 0 Å². The van der Waals surface area contributed by atoms with E-state index in [2.05, 4.69) is 81.9 Å². The Balaban J connectivity index is 2.94. The summed E-state index contributed by atoms with van der Waals surface area (Å²) in [5.74, 6) is 2.61. The molecule has 20 heavy (non-hydrogen) atoms. The highest BCUT2D eigenvalue weighted by Gasteiger charge is 2.20. The molecule has 4 nitrogen and oxygen atoms in total. The normalized spacial score (nSPS) is 12.6. The van der Waals surface area contributed by atoms with Crippen LogP contribution >= 0.6 is 0 Å². The smallest absolute Gasteiger partial charge is 0.133 e. The molecule has 0 aromatic carbocycles. The SMILES string of the molecule is CC(C)c1cc(NCC(C)(C)N(C)C)nc(C(C)C)n1. The molecular weight excluding hydrogens is 248 g/mol. The molecule has 0 aliphatic heterocycles. The minimum Gasteiger partial charge on any atom is -0.368 e. The van der Waals surface area contributed by atoms with E-state index in [4.69, 9.17) is 0 Å². The summed E-state index contributed by atoms with van der Waals surface area (Å²) in [4.78, 5) is 11.5. The fraction of sp³-hybridized carbons (Fsp3) is 0.750. The Morgan fingerprint density at radius 1 is 1.10 bits per heavy atom. The van der Waals surface area contributed by atoms with Crippen LogP contribution < -0.4 is 5.32 Å². The predicted molar refractivity (Wildman–Crippen MR) is 86.5 cm³/mol. The van der Waals surface area contributed by atoms with Gasteiger partial charge in [-0.15, -0.1) is 0 Å². The van der Waals surface area contributed by atoms with Crippen LogP contribution in [0.1, 0.15) is 64.9 Å². The van der Waals surface area contributed by atoms with E-state index in [1.165, 1.54) is 0 Å². The third kappa shape index (κ3) is 4.44. The maximum Gasteiger partial charge on any atom is 0.133 e. The zero-order chi connectivity index (χ0) is 15.5. The highest BCUT2D eigenvalue weighted by molar-refractivity contribution is 5.38. The molecule has 0 unspecified atom stereocenters. The molecule has 0 spiro atoms. The quantitative estimate of drug-likeness (QED) is 0.865. The molecule has 0 saturated carbocycles. The van der Waals surface area contributed by atoms with Crippen molar-refractivity contribution in [2.45, 2.75) is 58.9 Å². The minimum atomic E-state index is 0.0843. The Bertz CT molecular complexity index is 410. The number of nitrogens with zero attached hydrogens (tertiary/aromatic N) is 3. The maximum atomic E-state index is 4.65. The van der Waals surface area contributed by atoms with E-state index >= 15 is 0 Å². The van der Waals surface area contributed by atoms with Crippen LogP contribution in [-0.4, -0.2) is 41.0 Å². The molecule has 1 heterocycles. The molecule has 114 valence electrons. The Hall–Kier alpha value is -1.16. The van der Waals surface area contributed by atoms with Crippen molar-refractivity contribution in [2.75, 3.05) is 26.0 Å². The minimum absolute atomic E-state index is 0.0843. The lowest BCUT2D eigenvalue weighted by Crippen LogP contribution is -2.44. The molecule has 1 rings (SSSR count). The number of nitrogens with one attached hydrogen (secondary N) is 1. The largest absolute Gasteiger partial charge is 0.368 e. The van der Waals surface area contributed by atoms with Crippen molar-refractivity contribution in [2.24, 2.45) is 0 Å². The van der Waals surface area contributed by atoms with Gasteiger partial charge in [0.1, 0.15) is 11.6 Å². The van der Waals surface area contributed by atoms with Crippen molar-refractivity contribution in [3.05, 3.63) is 17.6 Å². The molecule has 0 saturated heterocycles. The van der Waals surface area contributed by atoms with E-state index in [-0.39, 0.29) is 5.54 Å². The molecule has 0 amide bonds. The van der Waals surface area contributed by atoms with E-state index in [9.17, 15) is 0 Å². The number of anilines is 1. The first-order valence-electron chi connectivity index (χ1n) is 7.43. The molecule has 1 N–H and O–H groups in total. The Morgan fingerprint density at radius 3 is 2.15 bits per heavy atom. The topological polar surface area (TPSA) is 41.0 Å². The van der Waals surface area contributed by atoms with Crippen LogP contribution in [0.15, 0.2) is 6.07 Å². The number of likely N-dealkylation sites (N-methyl/N-ethyl adjacent to an activating group) is 1. The Labute approximate surface area is 124 Å². The van der Waals surface area contributed by atoms with Gasteiger partial charge in [-0.3, -0.25) is 0 Å². The predicted octanol–water partition coefficient (Wildman–Crippen LogP) is 3.48. The van der Waals surface area contributed by atoms with E-state index < -0.39 is 0 Å². The summed E-state index contributed by atoms with van der Waals surface area (Å²) in [6.07, 6.45) is 0. The van der Waals surface area contributed by atoms with E-state index in [1.807, 2.05) is 0 Å². The zero-order valence-corrected chi connectivity index (χ0v) is 14.3. The first kappa shape index (κ1) is 16.9. The zero-order valence-electron chi connectivity index (χ0n) is 14.3. The average Bonchev–Trinajstić information content (AvgIpc) is 2.35.